The van der Waals surface area contributed by atoms with Crippen LogP contribution >= 0.6 is 11.6 Å². The fraction of sp³-hybridized carbons (Fsp3) is 0.167. The number of fused-ring (bicyclic) bond motifs is 1. The number of carbonyl (C=O) groups excluding carboxylic acids is 1. The van der Waals surface area contributed by atoms with Gasteiger partial charge in [-0.25, -0.2) is 0 Å². The number of likely N-dealkylation sites (N-methyl/N-ethyl adjacent to an activating group) is 1. The lowest BCUT2D eigenvalue weighted by Gasteiger charge is -2.13. The smallest absolute Gasteiger partial charge is 0.258 e. The summed E-state index contributed by atoms with van der Waals surface area (Å²) >= 11 is 6.02. The maximum atomic E-state index is 12.6. The molecule has 0 fully saturated rings. The molecule has 0 atom stereocenters. The molecule has 1 N–H and O–H groups in total. The van der Waals surface area contributed by atoms with E-state index in [1.165, 1.54) is 7.11 Å². The van der Waals surface area contributed by atoms with Crippen LogP contribution < -0.4 is 9.64 Å². The molecule has 0 radical (unpaired) electrons. The van der Waals surface area contributed by atoms with Gasteiger partial charge in [0.15, 0.2) is 11.5 Å². The van der Waals surface area contributed by atoms with E-state index in [2.05, 4.69) is 0 Å². The largest absolute Gasteiger partial charge is 0.503 e. The second-order valence-corrected chi connectivity index (χ2v) is 5.59. The quantitative estimate of drug-likeness (QED) is 0.867. The number of nitrogens with zero attached hydrogens (tertiary/aromatic N) is 1. The molecule has 1 heterocycles. The van der Waals surface area contributed by atoms with Crippen molar-refractivity contribution in [1.82, 2.24) is 0 Å². The summed E-state index contributed by atoms with van der Waals surface area (Å²) in [4.78, 5) is 14.4. The summed E-state index contributed by atoms with van der Waals surface area (Å²) < 4.78 is 5.11. The average molecular weight is 330 g/mol. The highest BCUT2D eigenvalue weighted by molar-refractivity contribution is 6.36. The lowest BCUT2D eigenvalue weighted by atomic mass is 10.0. The van der Waals surface area contributed by atoms with Crippen LogP contribution in [0.4, 0.5) is 5.69 Å². The normalized spacial score (nSPS) is 15.2. The number of phenols is 1. The van der Waals surface area contributed by atoms with Crippen molar-refractivity contribution in [3.8, 4) is 11.5 Å². The topological polar surface area (TPSA) is 49.8 Å². The van der Waals surface area contributed by atoms with Crippen molar-refractivity contribution in [2.45, 2.75) is 6.92 Å². The lowest BCUT2D eigenvalue weighted by Crippen LogP contribution is -2.25. The lowest BCUT2D eigenvalue weighted by molar-refractivity contribution is -0.112. The van der Waals surface area contributed by atoms with Crippen molar-refractivity contribution < 1.29 is 14.6 Å². The number of amides is 1. The predicted octanol–water partition coefficient (Wildman–Crippen LogP) is 3.96. The molecule has 118 valence electrons. The molecule has 0 spiro atoms. The third-order valence-electron chi connectivity index (χ3n) is 3.86. The molecule has 5 heteroatoms. The number of halogens is 1. The molecule has 0 bridgehead atoms. The molecule has 23 heavy (non-hydrogen) atoms. The molecule has 3 rings (SSSR count). The molecule has 2 aromatic rings. The number of benzene rings is 2. The summed E-state index contributed by atoms with van der Waals surface area (Å²) in [6, 6.07) is 10.9. The Morgan fingerprint density at radius 3 is 2.74 bits per heavy atom. The minimum Gasteiger partial charge on any atom is -0.503 e. The van der Waals surface area contributed by atoms with Gasteiger partial charge in [0.1, 0.15) is 0 Å². The second-order valence-electron chi connectivity index (χ2n) is 5.18. The first kappa shape index (κ1) is 15.4. The molecule has 0 saturated heterocycles. The van der Waals surface area contributed by atoms with Crippen LogP contribution in [0.1, 0.15) is 18.1 Å². The second kappa shape index (κ2) is 5.97. The zero-order valence-corrected chi connectivity index (χ0v) is 13.6. The van der Waals surface area contributed by atoms with Crippen LogP contribution in [-0.4, -0.2) is 24.7 Å². The highest BCUT2D eigenvalue weighted by Gasteiger charge is 2.30. The van der Waals surface area contributed by atoms with Gasteiger partial charge in [-0.15, -0.1) is 0 Å². The van der Waals surface area contributed by atoms with Crippen LogP contribution in [0.15, 0.2) is 36.4 Å². The standard InChI is InChI=1S/C18H16ClNO3/c1-3-20-15-7-5-4-6-12(15)13(18(20)22)8-11-9-14(19)17(21)16(10-11)23-2/h4-10,21H,3H2,1-2H3/b13-8-. The van der Waals surface area contributed by atoms with Crippen LogP contribution in [-0.2, 0) is 4.79 Å². The van der Waals surface area contributed by atoms with Crippen LogP contribution in [0.25, 0.3) is 11.6 Å². The van der Waals surface area contributed by atoms with Gasteiger partial charge >= 0.3 is 0 Å². The number of methoxy groups -OCH3 is 1. The zero-order chi connectivity index (χ0) is 16.6. The molecule has 2 aromatic carbocycles. The monoisotopic (exact) mass is 329 g/mol. The van der Waals surface area contributed by atoms with E-state index in [0.29, 0.717) is 17.7 Å². The van der Waals surface area contributed by atoms with Gasteiger partial charge in [-0.05, 0) is 36.8 Å². The maximum absolute atomic E-state index is 12.6. The highest BCUT2D eigenvalue weighted by Crippen LogP contribution is 2.40. The van der Waals surface area contributed by atoms with Crippen molar-refractivity contribution in [2.75, 3.05) is 18.6 Å². The van der Waals surface area contributed by atoms with Gasteiger partial charge in [-0.2, -0.15) is 0 Å². The first-order chi connectivity index (χ1) is 11.1. The first-order valence-corrected chi connectivity index (χ1v) is 7.64. The van der Waals surface area contributed by atoms with E-state index in [1.54, 1.807) is 23.1 Å². The number of rotatable bonds is 3. The first-order valence-electron chi connectivity index (χ1n) is 7.26. The number of hydrogen-bond acceptors (Lipinski definition) is 3. The summed E-state index contributed by atoms with van der Waals surface area (Å²) in [5.74, 6) is 0.122. The van der Waals surface area contributed by atoms with Crippen molar-refractivity contribution in [2.24, 2.45) is 0 Å². The molecule has 0 aromatic heterocycles. The van der Waals surface area contributed by atoms with Crippen LogP contribution in [0.5, 0.6) is 11.5 Å². The van der Waals surface area contributed by atoms with E-state index in [4.69, 9.17) is 16.3 Å². The molecule has 0 saturated carbocycles. The number of phenolic OH excluding ortho intramolecular Hbond substituents is 1. The van der Waals surface area contributed by atoms with E-state index < -0.39 is 0 Å². The summed E-state index contributed by atoms with van der Waals surface area (Å²) in [7, 11) is 1.46. The minimum absolute atomic E-state index is 0.0446. The number of aromatic hydroxyl groups is 1. The van der Waals surface area contributed by atoms with E-state index in [9.17, 15) is 9.90 Å². The van der Waals surface area contributed by atoms with Crippen molar-refractivity contribution in [3.63, 3.8) is 0 Å². The summed E-state index contributed by atoms with van der Waals surface area (Å²) in [6.45, 7) is 2.55. The van der Waals surface area contributed by atoms with Crippen molar-refractivity contribution in [3.05, 3.63) is 52.5 Å². The summed E-state index contributed by atoms with van der Waals surface area (Å²) in [5, 5.41) is 10.0. The van der Waals surface area contributed by atoms with Crippen molar-refractivity contribution >= 4 is 34.8 Å². The van der Waals surface area contributed by atoms with Gasteiger partial charge in [-0.1, -0.05) is 29.8 Å². The number of carbonyl (C=O) groups is 1. The van der Waals surface area contributed by atoms with Gasteiger partial charge in [0.2, 0.25) is 0 Å². The Labute approximate surface area is 139 Å². The molecule has 0 aliphatic carbocycles. The Kier molecular flexibility index (Phi) is 4.01. The SMILES string of the molecule is CCN1C(=O)/C(=C\c2cc(Cl)c(O)c(OC)c2)c2ccccc21. The molecule has 4 nitrogen and oxygen atoms in total. The number of ether oxygens (including phenoxy) is 1. The van der Waals surface area contributed by atoms with Gasteiger partial charge in [0.25, 0.3) is 5.91 Å². The Hall–Kier alpha value is -2.46. The highest BCUT2D eigenvalue weighted by atomic mass is 35.5. The zero-order valence-electron chi connectivity index (χ0n) is 12.8. The molecule has 1 aliphatic rings. The minimum atomic E-state index is -0.107. The Balaban J connectivity index is 2.13. The summed E-state index contributed by atoms with van der Waals surface area (Å²) in [6.07, 6.45) is 1.77. The third-order valence-corrected chi connectivity index (χ3v) is 4.15. The van der Waals surface area contributed by atoms with Crippen LogP contribution in [0.3, 0.4) is 0 Å². The number of para-hydroxylation sites is 1. The van der Waals surface area contributed by atoms with E-state index in [-0.39, 0.29) is 22.4 Å². The van der Waals surface area contributed by atoms with Gasteiger partial charge in [-0.3, -0.25) is 4.79 Å². The van der Waals surface area contributed by atoms with Crippen molar-refractivity contribution in [1.29, 1.82) is 0 Å². The number of anilines is 1. The van der Waals surface area contributed by atoms with Crippen LogP contribution in [0.2, 0.25) is 5.02 Å². The maximum Gasteiger partial charge on any atom is 0.258 e. The Morgan fingerprint density at radius 2 is 2.04 bits per heavy atom. The average Bonchev–Trinajstić information content (AvgIpc) is 2.82. The Bertz CT molecular complexity index is 814. The number of hydrogen-bond donors (Lipinski definition) is 1. The fourth-order valence-corrected chi connectivity index (χ4v) is 2.98. The molecular weight excluding hydrogens is 314 g/mol. The summed E-state index contributed by atoms with van der Waals surface area (Å²) in [5.41, 5.74) is 3.10. The van der Waals surface area contributed by atoms with E-state index >= 15 is 0 Å². The van der Waals surface area contributed by atoms with Gasteiger partial charge < -0.3 is 14.7 Å². The van der Waals surface area contributed by atoms with E-state index in [0.717, 1.165) is 11.3 Å². The molecular formula is C18H16ClNO3. The van der Waals surface area contributed by atoms with Crippen LogP contribution in [0, 0.1) is 0 Å². The van der Waals surface area contributed by atoms with E-state index in [1.807, 2.05) is 31.2 Å². The Morgan fingerprint density at radius 1 is 1.30 bits per heavy atom. The predicted molar refractivity (Wildman–Crippen MR) is 92.0 cm³/mol. The molecule has 1 aliphatic heterocycles. The molecule has 0 unspecified atom stereocenters. The molecule has 1 amide bonds. The van der Waals surface area contributed by atoms with Gasteiger partial charge in [0.05, 0.1) is 17.8 Å². The third kappa shape index (κ3) is 2.55. The fourth-order valence-electron chi connectivity index (χ4n) is 2.76. The van der Waals surface area contributed by atoms with Gasteiger partial charge in [0, 0.05) is 17.7 Å².